The summed E-state index contributed by atoms with van der Waals surface area (Å²) in [6.45, 7) is 2.16. The predicted molar refractivity (Wildman–Crippen MR) is 124 cm³/mol. The molecule has 184 valence electrons. The van der Waals surface area contributed by atoms with E-state index >= 15 is 0 Å². The quantitative estimate of drug-likeness (QED) is 0.462. The number of sulfonamides is 1. The molecule has 1 aromatic heterocycles. The van der Waals surface area contributed by atoms with Gasteiger partial charge in [-0.05, 0) is 56.5 Å². The number of benzene rings is 2. The molecule has 1 saturated heterocycles. The van der Waals surface area contributed by atoms with E-state index in [0.29, 0.717) is 29.8 Å². The van der Waals surface area contributed by atoms with Crippen molar-refractivity contribution in [3.05, 3.63) is 77.7 Å². The van der Waals surface area contributed by atoms with E-state index in [-0.39, 0.29) is 30.1 Å². The van der Waals surface area contributed by atoms with Gasteiger partial charge in [-0.15, -0.1) is 0 Å². The second-order valence-electron chi connectivity index (χ2n) is 8.52. The molecule has 0 spiro atoms. The molecule has 0 unspecified atom stereocenters. The van der Waals surface area contributed by atoms with Crippen LogP contribution in [0.3, 0.4) is 0 Å². The number of hydrogen-bond acceptors (Lipinski definition) is 5. The van der Waals surface area contributed by atoms with Gasteiger partial charge in [0.15, 0.2) is 5.78 Å². The molecule has 3 aromatic rings. The summed E-state index contributed by atoms with van der Waals surface area (Å²) in [5.41, 5.74) is 1.69. The summed E-state index contributed by atoms with van der Waals surface area (Å²) in [6.07, 6.45) is -1.69. The first-order chi connectivity index (χ1) is 16.6. The number of ketones is 1. The van der Waals surface area contributed by atoms with E-state index < -0.39 is 27.8 Å². The van der Waals surface area contributed by atoms with Gasteiger partial charge in [0.1, 0.15) is 6.33 Å². The first-order valence-electron chi connectivity index (χ1n) is 11.2. The number of Topliss-reactive ketones (excluding diaryl/α,β-unsaturated/α-hetero) is 1. The molecule has 0 radical (unpaired) electrons. The first kappa shape index (κ1) is 25.0. The fourth-order valence-electron chi connectivity index (χ4n) is 4.14. The van der Waals surface area contributed by atoms with Crippen LogP contribution in [0.5, 0.6) is 0 Å². The summed E-state index contributed by atoms with van der Waals surface area (Å²) >= 11 is 0. The highest BCUT2D eigenvalue weighted by Gasteiger charge is 2.38. The van der Waals surface area contributed by atoms with Crippen molar-refractivity contribution in [3.8, 4) is 11.3 Å². The van der Waals surface area contributed by atoms with Gasteiger partial charge >= 0.3 is 6.18 Å². The van der Waals surface area contributed by atoms with Crippen LogP contribution < -0.4 is 0 Å². The van der Waals surface area contributed by atoms with Crippen LogP contribution in [0.25, 0.3) is 11.3 Å². The highest BCUT2D eigenvalue weighted by atomic mass is 32.2. The van der Waals surface area contributed by atoms with Crippen molar-refractivity contribution in [2.24, 2.45) is 0 Å². The molecule has 4 rings (SSSR count). The second kappa shape index (κ2) is 9.87. The van der Waals surface area contributed by atoms with E-state index in [4.69, 9.17) is 0 Å². The van der Waals surface area contributed by atoms with Crippen molar-refractivity contribution < 1.29 is 26.4 Å². The zero-order chi connectivity index (χ0) is 25.2. The lowest BCUT2D eigenvalue weighted by atomic mass is 10.0. The molecular weight excluding hydrogens is 479 g/mol. The number of alkyl halides is 3. The smallest absolute Gasteiger partial charge is 0.298 e. The van der Waals surface area contributed by atoms with Gasteiger partial charge in [0, 0.05) is 24.2 Å². The van der Waals surface area contributed by atoms with Crippen molar-refractivity contribution in [2.45, 2.75) is 49.7 Å². The van der Waals surface area contributed by atoms with Crippen LogP contribution >= 0.6 is 0 Å². The van der Waals surface area contributed by atoms with E-state index in [2.05, 4.69) is 9.97 Å². The minimum absolute atomic E-state index is 0.0913. The molecule has 10 heteroatoms. The Balaban J connectivity index is 1.44. The summed E-state index contributed by atoms with van der Waals surface area (Å²) in [5.74, 6) is -0.187. The molecule has 0 aliphatic carbocycles. The predicted octanol–water partition coefficient (Wildman–Crippen LogP) is 4.83. The topological polar surface area (TPSA) is 80.2 Å². The number of aryl methyl sites for hydroxylation is 2. The number of nitrogens with zero attached hydrogens (tertiary/aromatic N) is 3. The van der Waals surface area contributed by atoms with E-state index in [1.165, 1.54) is 22.8 Å². The third-order valence-electron chi connectivity index (χ3n) is 6.06. The molecule has 0 saturated carbocycles. The van der Waals surface area contributed by atoms with Crippen molar-refractivity contribution in [1.29, 1.82) is 0 Å². The maximum atomic E-state index is 13.1. The normalized spacial score (nSPS) is 17.0. The minimum Gasteiger partial charge on any atom is -0.298 e. The highest BCUT2D eigenvalue weighted by molar-refractivity contribution is 7.89. The lowest BCUT2D eigenvalue weighted by molar-refractivity contribution is -0.137. The Morgan fingerprint density at radius 3 is 2.40 bits per heavy atom. The molecule has 0 N–H and O–H groups in total. The standard InChI is InChI=1S/C25H24F3N3O3S/c1-17-4-11-21(12-5-17)35(33,34)31-14-2-3-23(31)24(32)13-10-20-15-22(30-16-29-20)18-6-8-19(9-7-18)25(26,27)28/h4-9,11-12,15-16,23H,2-3,10,13-14H2,1H3/t23-/m0/s1. The van der Waals surface area contributed by atoms with Gasteiger partial charge < -0.3 is 0 Å². The summed E-state index contributed by atoms with van der Waals surface area (Å²) in [6, 6.07) is 12.1. The molecule has 1 aliphatic rings. The van der Waals surface area contributed by atoms with Crippen molar-refractivity contribution in [3.63, 3.8) is 0 Å². The molecule has 2 aromatic carbocycles. The van der Waals surface area contributed by atoms with Crippen molar-refractivity contribution in [1.82, 2.24) is 14.3 Å². The lowest BCUT2D eigenvalue weighted by Gasteiger charge is -2.23. The van der Waals surface area contributed by atoms with Crippen LogP contribution in [0.4, 0.5) is 13.2 Å². The highest BCUT2D eigenvalue weighted by Crippen LogP contribution is 2.31. The van der Waals surface area contributed by atoms with Crippen LogP contribution in [0.15, 0.2) is 65.8 Å². The number of carbonyl (C=O) groups is 1. The Bertz CT molecular complexity index is 1310. The van der Waals surface area contributed by atoms with E-state index in [0.717, 1.165) is 17.7 Å². The van der Waals surface area contributed by atoms with Crippen molar-refractivity contribution in [2.75, 3.05) is 6.54 Å². The largest absolute Gasteiger partial charge is 0.416 e. The van der Waals surface area contributed by atoms with Gasteiger partial charge in [-0.2, -0.15) is 17.5 Å². The monoisotopic (exact) mass is 503 g/mol. The van der Waals surface area contributed by atoms with Gasteiger partial charge in [0.05, 0.1) is 22.2 Å². The fourth-order valence-corrected chi connectivity index (χ4v) is 5.81. The molecule has 0 bridgehead atoms. The molecule has 35 heavy (non-hydrogen) atoms. The third kappa shape index (κ3) is 5.59. The zero-order valence-corrected chi connectivity index (χ0v) is 19.8. The Morgan fingerprint density at radius 1 is 1.06 bits per heavy atom. The van der Waals surface area contributed by atoms with E-state index in [1.54, 1.807) is 30.3 Å². The SMILES string of the molecule is Cc1ccc(S(=O)(=O)N2CCC[C@H]2C(=O)CCc2cc(-c3ccc(C(F)(F)F)cc3)ncn2)cc1. The van der Waals surface area contributed by atoms with Crippen LogP contribution in [0.1, 0.15) is 36.1 Å². The van der Waals surface area contributed by atoms with Gasteiger partial charge in [0.2, 0.25) is 10.0 Å². The van der Waals surface area contributed by atoms with E-state index in [1.807, 2.05) is 6.92 Å². The van der Waals surface area contributed by atoms with Gasteiger partial charge in [-0.3, -0.25) is 4.79 Å². The Kier molecular flexibility index (Phi) is 7.05. The number of halogens is 3. The van der Waals surface area contributed by atoms with Gasteiger partial charge in [-0.1, -0.05) is 29.8 Å². The maximum Gasteiger partial charge on any atom is 0.416 e. The number of rotatable bonds is 7. The molecular formula is C25H24F3N3O3S. The van der Waals surface area contributed by atoms with Gasteiger partial charge in [-0.25, -0.2) is 18.4 Å². The average molecular weight is 504 g/mol. The Morgan fingerprint density at radius 2 is 1.74 bits per heavy atom. The molecule has 2 heterocycles. The fraction of sp³-hybridized carbons (Fsp3) is 0.320. The van der Waals surface area contributed by atoms with Crippen LogP contribution in [0, 0.1) is 6.92 Å². The first-order valence-corrected chi connectivity index (χ1v) is 12.6. The summed E-state index contributed by atoms with van der Waals surface area (Å²) in [5, 5.41) is 0. The molecule has 1 atom stereocenters. The summed E-state index contributed by atoms with van der Waals surface area (Å²) in [4.78, 5) is 21.5. The lowest BCUT2D eigenvalue weighted by Crippen LogP contribution is -2.40. The third-order valence-corrected chi connectivity index (χ3v) is 7.98. The average Bonchev–Trinajstić information content (AvgIpc) is 3.34. The Hall–Kier alpha value is -3.11. The second-order valence-corrected chi connectivity index (χ2v) is 10.4. The maximum absolute atomic E-state index is 13.1. The molecule has 0 amide bonds. The molecule has 1 aliphatic heterocycles. The Labute approximate surface area is 201 Å². The molecule has 6 nitrogen and oxygen atoms in total. The number of carbonyl (C=O) groups excluding carboxylic acids is 1. The van der Waals surface area contributed by atoms with E-state index in [9.17, 15) is 26.4 Å². The van der Waals surface area contributed by atoms with Crippen molar-refractivity contribution >= 4 is 15.8 Å². The van der Waals surface area contributed by atoms with Crippen LogP contribution in [-0.2, 0) is 27.4 Å². The van der Waals surface area contributed by atoms with Crippen LogP contribution in [-0.4, -0.2) is 41.1 Å². The molecule has 1 fully saturated rings. The number of aromatic nitrogens is 2. The minimum atomic E-state index is -4.42. The van der Waals surface area contributed by atoms with Gasteiger partial charge in [0.25, 0.3) is 0 Å². The zero-order valence-electron chi connectivity index (χ0n) is 19.0. The number of hydrogen-bond donors (Lipinski definition) is 0. The summed E-state index contributed by atoms with van der Waals surface area (Å²) in [7, 11) is -3.78. The van der Waals surface area contributed by atoms with Crippen LogP contribution in [0.2, 0.25) is 0 Å². The summed E-state index contributed by atoms with van der Waals surface area (Å²) < 4.78 is 65.9.